The first kappa shape index (κ1) is 20.6. The van der Waals surface area contributed by atoms with Gasteiger partial charge in [0.05, 0.1) is 11.0 Å². The van der Waals surface area contributed by atoms with Crippen molar-refractivity contribution in [1.82, 2.24) is 9.55 Å². The molecule has 5 heteroatoms. The third-order valence-corrected chi connectivity index (χ3v) is 6.29. The van der Waals surface area contributed by atoms with Crippen LogP contribution in [-0.2, 0) is 16.1 Å². The van der Waals surface area contributed by atoms with Crippen LogP contribution in [0.2, 0.25) is 0 Å². The standard InChI is InChI=1S/C25H29FN2O2/c1-16(2)20-13-8-17(3)14-23(20)30-24(29)15-28-22-7-5-4-6-21(22)27-25(28)18-9-11-19(26)12-10-18/h4-7,9-12,16-17,20,23H,8,13-15H2,1-3H3/t17-,20+,23?/m1/s1. The molecule has 158 valence electrons. The SMILES string of the molecule is CC(C)[C@@H]1CC[C@@H](C)CC1OC(=O)Cn1c(-c2ccc(F)cc2)nc2ccccc21. The maximum atomic E-state index is 13.4. The van der Waals surface area contributed by atoms with Gasteiger partial charge >= 0.3 is 5.97 Å². The Morgan fingerprint density at radius 3 is 2.63 bits per heavy atom. The summed E-state index contributed by atoms with van der Waals surface area (Å²) < 4.78 is 21.3. The molecule has 4 rings (SSSR count). The van der Waals surface area contributed by atoms with Crippen molar-refractivity contribution < 1.29 is 13.9 Å². The fraction of sp³-hybridized carbons (Fsp3) is 0.440. The Hall–Kier alpha value is -2.69. The molecule has 1 heterocycles. The van der Waals surface area contributed by atoms with E-state index in [1.165, 1.54) is 18.6 Å². The molecule has 0 N–H and O–H groups in total. The molecule has 1 aliphatic rings. The number of carbonyl (C=O) groups excluding carboxylic acids is 1. The molecule has 30 heavy (non-hydrogen) atoms. The van der Waals surface area contributed by atoms with Gasteiger partial charge in [0.15, 0.2) is 0 Å². The molecule has 4 nitrogen and oxygen atoms in total. The summed E-state index contributed by atoms with van der Waals surface area (Å²) in [6, 6.07) is 13.9. The molecule has 1 aliphatic carbocycles. The molecule has 0 aliphatic heterocycles. The summed E-state index contributed by atoms with van der Waals surface area (Å²) in [5, 5.41) is 0. The van der Waals surface area contributed by atoms with Crippen LogP contribution in [-0.4, -0.2) is 21.6 Å². The van der Waals surface area contributed by atoms with E-state index in [0.29, 0.717) is 23.6 Å². The fourth-order valence-corrected chi connectivity index (χ4v) is 4.64. The molecule has 3 atom stereocenters. The van der Waals surface area contributed by atoms with E-state index in [2.05, 4.69) is 20.8 Å². The van der Waals surface area contributed by atoms with Crippen molar-refractivity contribution in [2.24, 2.45) is 17.8 Å². The highest BCUT2D eigenvalue weighted by Crippen LogP contribution is 2.35. The lowest BCUT2D eigenvalue weighted by Crippen LogP contribution is -2.36. The first-order valence-electron chi connectivity index (χ1n) is 10.8. The third kappa shape index (κ3) is 4.25. The van der Waals surface area contributed by atoms with Crippen molar-refractivity contribution in [1.29, 1.82) is 0 Å². The van der Waals surface area contributed by atoms with E-state index < -0.39 is 0 Å². The number of ether oxygens (including phenoxy) is 1. The van der Waals surface area contributed by atoms with Crippen molar-refractivity contribution in [3.05, 3.63) is 54.3 Å². The van der Waals surface area contributed by atoms with Crippen LogP contribution in [0.3, 0.4) is 0 Å². The van der Waals surface area contributed by atoms with E-state index in [0.717, 1.165) is 29.4 Å². The number of halogens is 1. The Balaban J connectivity index is 1.62. The number of hydrogen-bond acceptors (Lipinski definition) is 3. The van der Waals surface area contributed by atoms with Gasteiger partial charge in [-0.15, -0.1) is 0 Å². The van der Waals surface area contributed by atoms with Crippen LogP contribution in [0.4, 0.5) is 4.39 Å². The minimum atomic E-state index is -0.299. The summed E-state index contributed by atoms with van der Waals surface area (Å²) >= 11 is 0. The molecular weight excluding hydrogens is 379 g/mol. The summed E-state index contributed by atoms with van der Waals surface area (Å²) in [6.07, 6.45) is 3.18. The molecule has 2 aromatic carbocycles. The highest BCUT2D eigenvalue weighted by Gasteiger charge is 2.33. The molecule has 1 aromatic heterocycles. The quantitative estimate of drug-likeness (QED) is 0.498. The zero-order valence-electron chi connectivity index (χ0n) is 17.8. The zero-order valence-corrected chi connectivity index (χ0v) is 17.8. The molecule has 1 unspecified atom stereocenters. The van der Waals surface area contributed by atoms with Gasteiger partial charge in [-0.05, 0) is 67.0 Å². The Labute approximate surface area is 177 Å². The maximum absolute atomic E-state index is 13.4. The molecule has 1 fully saturated rings. The van der Waals surface area contributed by atoms with Crippen molar-refractivity contribution in [3.63, 3.8) is 0 Å². The fourth-order valence-electron chi connectivity index (χ4n) is 4.64. The Kier molecular flexibility index (Phi) is 5.89. The first-order valence-corrected chi connectivity index (χ1v) is 10.8. The molecule has 3 aromatic rings. The average molecular weight is 409 g/mol. The third-order valence-electron chi connectivity index (χ3n) is 6.29. The molecule has 0 spiro atoms. The van der Waals surface area contributed by atoms with Gasteiger partial charge in [-0.25, -0.2) is 9.37 Å². The van der Waals surface area contributed by atoms with Crippen LogP contribution in [0, 0.1) is 23.6 Å². The van der Waals surface area contributed by atoms with Gasteiger partial charge in [-0.3, -0.25) is 4.79 Å². The Morgan fingerprint density at radius 2 is 1.90 bits per heavy atom. The van der Waals surface area contributed by atoms with Gasteiger partial charge in [0.25, 0.3) is 0 Å². The summed E-state index contributed by atoms with van der Waals surface area (Å²) in [6.45, 7) is 6.73. The lowest BCUT2D eigenvalue weighted by molar-refractivity contribution is -0.156. The lowest BCUT2D eigenvalue weighted by Gasteiger charge is -2.36. The van der Waals surface area contributed by atoms with Gasteiger partial charge in [-0.1, -0.05) is 39.3 Å². The second-order valence-electron chi connectivity index (χ2n) is 8.87. The number of esters is 1. The van der Waals surface area contributed by atoms with Gasteiger partial charge in [0, 0.05) is 5.56 Å². The number of fused-ring (bicyclic) bond motifs is 1. The molecule has 1 saturated carbocycles. The van der Waals surface area contributed by atoms with Crippen LogP contribution in [0.1, 0.15) is 40.0 Å². The van der Waals surface area contributed by atoms with Crippen LogP contribution >= 0.6 is 0 Å². The molecule has 0 saturated heterocycles. The smallest absolute Gasteiger partial charge is 0.326 e. The number of aromatic nitrogens is 2. The second-order valence-corrected chi connectivity index (χ2v) is 8.87. The topological polar surface area (TPSA) is 44.1 Å². The summed E-state index contributed by atoms with van der Waals surface area (Å²) in [4.78, 5) is 17.7. The Morgan fingerprint density at radius 1 is 1.17 bits per heavy atom. The second kappa shape index (κ2) is 8.58. The number of nitrogens with zero attached hydrogens (tertiary/aromatic N) is 2. The van der Waals surface area contributed by atoms with E-state index in [1.807, 2.05) is 28.8 Å². The monoisotopic (exact) mass is 408 g/mol. The minimum Gasteiger partial charge on any atom is -0.461 e. The summed E-state index contributed by atoms with van der Waals surface area (Å²) in [5.74, 6) is 1.56. The zero-order chi connectivity index (χ0) is 21.3. The number of rotatable bonds is 5. The van der Waals surface area contributed by atoms with Crippen LogP contribution in [0.5, 0.6) is 0 Å². The van der Waals surface area contributed by atoms with Crippen LogP contribution in [0.25, 0.3) is 22.4 Å². The van der Waals surface area contributed by atoms with Gasteiger partial charge in [0.1, 0.15) is 24.3 Å². The maximum Gasteiger partial charge on any atom is 0.326 e. The van der Waals surface area contributed by atoms with Gasteiger partial charge < -0.3 is 9.30 Å². The molecule has 0 amide bonds. The summed E-state index contributed by atoms with van der Waals surface area (Å²) in [7, 11) is 0. The number of para-hydroxylation sites is 2. The number of carbonyl (C=O) groups is 1. The summed E-state index contributed by atoms with van der Waals surface area (Å²) in [5.41, 5.74) is 2.44. The van der Waals surface area contributed by atoms with E-state index in [1.54, 1.807) is 12.1 Å². The predicted molar refractivity (Wildman–Crippen MR) is 116 cm³/mol. The molecule has 0 radical (unpaired) electrons. The highest BCUT2D eigenvalue weighted by atomic mass is 19.1. The van der Waals surface area contributed by atoms with Gasteiger partial charge in [0.2, 0.25) is 0 Å². The molecular formula is C25H29FN2O2. The number of hydrogen-bond donors (Lipinski definition) is 0. The first-order chi connectivity index (χ1) is 14.4. The predicted octanol–water partition coefficient (Wildman–Crippen LogP) is 5.85. The van der Waals surface area contributed by atoms with Crippen LogP contribution < -0.4 is 0 Å². The van der Waals surface area contributed by atoms with Gasteiger partial charge in [-0.2, -0.15) is 0 Å². The minimum absolute atomic E-state index is 0.0368. The van der Waals surface area contributed by atoms with E-state index >= 15 is 0 Å². The largest absolute Gasteiger partial charge is 0.461 e. The van der Waals surface area contributed by atoms with Crippen molar-refractivity contribution in [2.75, 3.05) is 0 Å². The lowest BCUT2D eigenvalue weighted by atomic mass is 9.75. The molecule has 0 bridgehead atoms. The number of imidazole rings is 1. The van der Waals surface area contributed by atoms with E-state index in [9.17, 15) is 9.18 Å². The van der Waals surface area contributed by atoms with Crippen molar-refractivity contribution in [2.45, 2.75) is 52.7 Å². The van der Waals surface area contributed by atoms with Crippen molar-refractivity contribution >= 4 is 17.0 Å². The normalized spacial score (nSPS) is 21.8. The van der Waals surface area contributed by atoms with E-state index in [4.69, 9.17) is 9.72 Å². The highest BCUT2D eigenvalue weighted by molar-refractivity contribution is 5.83. The Bertz CT molecular complexity index is 1030. The number of benzene rings is 2. The van der Waals surface area contributed by atoms with Crippen molar-refractivity contribution in [3.8, 4) is 11.4 Å². The average Bonchev–Trinajstić information content (AvgIpc) is 3.07. The van der Waals surface area contributed by atoms with E-state index in [-0.39, 0.29) is 24.4 Å². The van der Waals surface area contributed by atoms with Crippen LogP contribution in [0.15, 0.2) is 48.5 Å².